The van der Waals surface area contributed by atoms with Crippen LogP contribution in [0.2, 0.25) is 5.02 Å². The van der Waals surface area contributed by atoms with Crippen LogP contribution in [0.5, 0.6) is 0 Å². The Hall–Kier alpha value is -1.31. The molecule has 0 heterocycles. The maximum Gasteiger partial charge on any atom is 0.0406 e. The summed E-state index contributed by atoms with van der Waals surface area (Å²) < 4.78 is 0. The fraction of sp³-hybridized carbons (Fsp3) is 0.333. The van der Waals surface area contributed by atoms with Crippen LogP contribution in [0.15, 0.2) is 48.5 Å². The molecule has 2 aromatic rings. The Morgan fingerprint density at radius 3 is 2.35 bits per heavy atom. The summed E-state index contributed by atoms with van der Waals surface area (Å²) in [7, 11) is 2.01. The Morgan fingerprint density at radius 1 is 1.05 bits per heavy atom. The fourth-order valence-corrected chi connectivity index (χ4v) is 3.47. The second-order valence-corrected chi connectivity index (χ2v) is 6.07. The molecule has 0 amide bonds. The van der Waals surface area contributed by atoms with E-state index in [0.717, 1.165) is 11.6 Å². The molecule has 0 aliphatic heterocycles. The highest BCUT2D eigenvalue weighted by atomic mass is 35.5. The van der Waals surface area contributed by atoms with Crippen LogP contribution < -0.4 is 5.32 Å². The molecule has 3 rings (SSSR count). The zero-order valence-electron chi connectivity index (χ0n) is 11.8. The maximum atomic E-state index is 6.04. The lowest BCUT2D eigenvalue weighted by molar-refractivity contribution is 0.299. The van der Waals surface area contributed by atoms with E-state index in [-0.39, 0.29) is 5.41 Å². The van der Waals surface area contributed by atoms with Gasteiger partial charge in [0.05, 0.1) is 0 Å². The van der Waals surface area contributed by atoms with Gasteiger partial charge in [-0.25, -0.2) is 0 Å². The average molecular weight is 286 g/mol. The predicted molar refractivity (Wildman–Crippen MR) is 85.3 cm³/mol. The van der Waals surface area contributed by atoms with Crippen LogP contribution >= 0.6 is 11.6 Å². The lowest BCUT2D eigenvalue weighted by Crippen LogP contribution is -2.36. The lowest BCUT2D eigenvalue weighted by Gasteiger charge is -2.44. The van der Waals surface area contributed by atoms with Gasteiger partial charge in [0.15, 0.2) is 0 Å². The van der Waals surface area contributed by atoms with Crippen molar-refractivity contribution in [3.8, 4) is 0 Å². The molecule has 0 radical (unpaired) electrons. The van der Waals surface area contributed by atoms with E-state index in [2.05, 4.69) is 41.7 Å². The third-order valence-corrected chi connectivity index (χ3v) is 4.76. The summed E-state index contributed by atoms with van der Waals surface area (Å²) in [5.74, 6) is 0. The van der Waals surface area contributed by atoms with Gasteiger partial charge in [-0.05, 0) is 48.7 Å². The summed E-state index contributed by atoms with van der Waals surface area (Å²) in [6.45, 7) is 0.922. The summed E-state index contributed by atoms with van der Waals surface area (Å²) in [5.41, 5.74) is 4.47. The molecular weight excluding hydrogens is 266 g/mol. The van der Waals surface area contributed by atoms with Gasteiger partial charge in [0.2, 0.25) is 0 Å². The van der Waals surface area contributed by atoms with Gasteiger partial charge in [0.1, 0.15) is 0 Å². The second kappa shape index (κ2) is 5.59. The number of hydrogen-bond donors (Lipinski definition) is 1. The quantitative estimate of drug-likeness (QED) is 0.870. The van der Waals surface area contributed by atoms with Crippen molar-refractivity contribution in [1.29, 1.82) is 0 Å². The highest BCUT2D eigenvalue weighted by Gasteiger charge is 2.41. The molecule has 0 bridgehead atoms. The van der Waals surface area contributed by atoms with E-state index in [0.29, 0.717) is 0 Å². The van der Waals surface area contributed by atoms with Crippen LogP contribution in [0.3, 0.4) is 0 Å². The van der Waals surface area contributed by atoms with Crippen molar-refractivity contribution in [3.05, 3.63) is 70.2 Å². The van der Waals surface area contributed by atoms with E-state index in [4.69, 9.17) is 11.6 Å². The van der Waals surface area contributed by atoms with Gasteiger partial charge < -0.3 is 5.32 Å². The topological polar surface area (TPSA) is 12.0 Å². The van der Waals surface area contributed by atoms with Crippen molar-refractivity contribution in [1.82, 2.24) is 5.32 Å². The van der Waals surface area contributed by atoms with Crippen LogP contribution in [0.25, 0.3) is 0 Å². The smallest absolute Gasteiger partial charge is 0.0406 e. The molecule has 1 saturated carbocycles. The molecule has 0 spiro atoms. The summed E-state index contributed by atoms with van der Waals surface area (Å²) in [4.78, 5) is 0. The molecule has 20 heavy (non-hydrogen) atoms. The van der Waals surface area contributed by atoms with Gasteiger partial charge in [-0.3, -0.25) is 0 Å². The molecule has 1 N–H and O–H groups in total. The Labute approximate surface area is 126 Å². The monoisotopic (exact) mass is 285 g/mol. The van der Waals surface area contributed by atoms with Crippen LogP contribution in [-0.2, 0) is 12.0 Å². The normalized spacial score (nSPS) is 16.7. The first-order valence-electron chi connectivity index (χ1n) is 7.25. The van der Waals surface area contributed by atoms with Crippen molar-refractivity contribution in [2.24, 2.45) is 0 Å². The fourth-order valence-electron chi connectivity index (χ4n) is 3.34. The van der Waals surface area contributed by atoms with Crippen molar-refractivity contribution in [2.45, 2.75) is 31.2 Å². The van der Waals surface area contributed by atoms with E-state index < -0.39 is 0 Å². The van der Waals surface area contributed by atoms with E-state index >= 15 is 0 Å². The summed E-state index contributed by atoms with van der Waals surface area (Å²) in [6, 6.07) is 17.2. The predicted octanol–water partition coefficient (Wildman–Crippen LogP) is 4.53. The van der Waals surface area contributed by atoms with Crippen LogP contribution in [0.4, 0.5) is 0 Å². The molecule has 2 aromatic carbocycles. The third kappa shape index (κ3) is 2.25. The van der Waals surface area contributed by atoms with Gasteiger partial charge in [-0.15, -0.1) is 0 Å². The van der Waals surface area contributed by atoms with Crippen LogP contribution in [-0.4, -0.2) is 7.05 Å². The SMILES string of the molecule is CNCc1ccccc1C1(c2ccc(Cl)cc2)CCC1. The minimum Gasteiger partial charge on any atom is -0.316 e. The summed E-state index contributed by atoms with van der Waals surface area (Å²) >= 11 is 6.04. The molecule has 0 aromatic heterocycles. The standard InChI is InChI=1S/C18H20ClN/c1-20-13-14-5-2-3-6-17(14)18(11-4-12-18)15-7-9-16(19)10-8-15/h2-3,5-10,20H,4,11-13H2,1H3. The van der Waals surface area contributed by atoms with Crippen LogP contribution in [0.1, 0.15) is 36.0 Å². The number of hydrogen-bond acceptors (Lipinski definition) is 1. The molecule has 1 fully saturated rings. The highest BCUT2D eigenvalue weighted by molar-refractivity contribution is 6.30. The lowest BCUT2D eigenvalue weighted by atomic mass is 9.59. The van der Waals surface area contributed by atoms with Gasteiger partial charge in [-0.2, -0.15) is 0 Å². The molecule has 104 valence electrons. The van der Waals surface area contributed by atoms with Crippen molar-refractivity contribution < 1.29 is 0 Å². The molecule has 2 heteroatoms. The molecule has 1 nitrogen and oxygen atoms in total. The number of nitrogens with one attached hydrogen (secondary N) is 1. The van der Waals surface area contributed by atoms with E-state index in [1.165, 1.54) is 36.0 Å². The Kier molecular flexibility index (Phi) is 3.82. The van der Waals surface area contributed by atoms with Crippen LogP contribution in [0, 0.1) is 0 Å². The highest BCUT2D eigenvalue weighted by Crippen LogP contribution is 2.50. The number of benzene rings is 2. The first-order chi connectivity index (χ1) is 9.76. The first kappa shape index (κ1) is 13.7. The molecule has 0 unspecified atom stereocenters. The maximum absolute atomic E-state index is 6.04. The largest absolute Gasteiger partial charge is 0.316 e. The first-order valence-corrected chi connectivity index (χ1v) is 7.63. The van der Waals surface area contributed by atoms with Gasteiger partial charge in [0.25, 0.3) is 0 Å². The van der Waals surface area contributed by atoms with E-state index in [1.54, 1.807) is 0 Å². The van der Waals surface area contributed by atoms with Crippen molar-refractivity contribution >= 4 is 11.6 Å². The molecule has 1 aliphatic carbocycles. The van der Waals surface area contributed by atoms with E-state index in [9.17, 15) is 0 Å². The molecule has 0 saturated heterocycles. The minimum absolute atomic E-state index is 0.192. The number of halogens is 1. The summed E-state index contributed by atoms with van der Waals surface area (Å²) in [5, 5.41) is 4.10. The van der Waals surface area contributed by atoms with Crippen molar-refractivity contribution in [2.75, 3.05) is 7.05 Å². The van der Waals surface area contributed by atoms with Gasteiger partial charge >= 0.3 is 0 Å². The molecule has 0 atom stereocenters. The Bertz CT molecular complexity index is 585. The van der Waals surface area contributed by atoms with E-state index in [1.807, 2.05) is 19.2 Å². The van der Waals surface area contributed by atoms with Crippen molar-refractivity contribution in [3.63, 3.8) is 0 Å². The zero-order valence-corrected chi connectivity index (χ0v) is 12.6. The summed E-state index contributed by atoms with van der Waals surface area (Å²) in [6.07, 6.45) is 3.77. The minimum atomic E-state index is 0.192. The Morgan fingerprint density at radius 2 is 1.75 bits per heavy atom. The van der Waals surface area contributed by atoms with Gasteiger partial charge in [0, 0.05) is 17.0 Å². The average Bonchev–Trinajstić information content (AvgIpc) is 2.42. The molecular formula is C18H20ClN. The third-order valence-electron chi connectivity index (χ3n) is 4.50. The number of rotatable bonds is 4. The van der Waals surface area contributed by atoms with Gasteiger partial charge in [-0.1, -0.05) is 54.4 Å². The second-order valence-electron chi connectivity index (χ2n) is 5.63. The zero-order chi connectivity index (χ0) is 14.0. The molecule has 1 aliphatic rings. The Balaban J connectivity index is 2.07.